The van der Waals surface area contributed by atoms with Crippen LogP contribution in [0.1, 0.15) is 0 Å². The summed E-state index contributed by atoms with van der Waals surface area (Å²) in [7, 11) is 0. The Bertz CT molecular complexity index is 840. The maximum atomic E-state index is 5.60. The smallest absolute Gasteiger partial charge is 0.222 e. The zero-order valence-electron chi connectivity index (χ0n) is 12.4. The van der Waals surface area contributed by atoms with E-state index in [1.165, 1.54) is 11.1 Å². The predicted molar refractivity (Wildman–Crippen MR) is 96.4 cm³/mol. The summed E-state index contributed by atoms with van der Waals surface area (Å²) in [6.07, 6.45) is 1.71. The van der Waals surface area contributed by atoms with E-state index in [2.05, 4.69) is 58.5 Å². The Morgan fingerprint density at radius 2 is 1.13 bits per heavy atom. The van der Waals surface area contributed by atoms with Gasteiger partial charge in [-0.2, -0.15) is 0 Å². The lowest BCUT2D eigenvalue weighted by molar-refractivity contribution is 1.22. The summed E-state index contributed by atoms with van der Waals surface area (Å²) in [5.41, 5.74) is 3.43. The standard InChI is InChI=1S/C12H10.C8H5ClN2/c1-3-7-11(8-4-1)12-9-5-2-6-10-12;9-8-10-5-6-3-1-2-4-7(6)11-8/h1-10H;1-5H. The minimum Gasteiger partial charge on any atom is -0.226 e. The van der Waals surface area contributed by atoms with Crippen molar-refractivity contribution in [2.45, 2.75) is 0 Å². The zero-order chi connectivity index (χ0) is 15.9. The number of nitrogens with zero attached hydrogens (tertiary/aromatic N) is 2. The molecule has 0 aliphatic rings. The largest absolute Gasteiger partial charge is 0.226 e. The molecule has 0 radical (unpaired) electrons. The first-order valence-corrected chi connectivity index (χ1v) is 7.68. The first-order chi connectivity index (χ1) is 11.3. The van der Waals surface area contributed by atoms with Gasteiger partial charge in [0, 0.05) is 11.6 Å². The molecule has 2 nitrogen and oxygen atoms in total. The molecule has 0 aliphatic heterocycles. The fraction of sp³-hybridized carbons (Fsp3) is 0. The number of halogens is 1. The quantitative estimate of drug-likeness (QED) is 0.425. The van der Waals surface area contributed by atoms with Crippen molar-refractivity contribution in [1.29, 1.82) is 0 Å². The number of hydrogen-bond donors (Lipinski definition) is 0. The minimum absolute atomic E-state index is 0.295. The fourth-order valence-electron chi connectivity index (χ4n) is 2.21. The summed E-state index contributed by atoms with van der Waals surface area (Å²) in [6, 6.07) is 28.5. The molecule has 1 aromatic heterocycles. The Balaban J connectivity index is 0.000000136. The lowest BCUT2D eigenvalue weighted by atomic mass is 10.1. The van der Waals surface area contributed by atoms with Gasteiger partial charge >= 0.3 is 0 Å². The molecule has 0 atom stereocenters. The van der Waals surface area contributed by atoms with Crippen LogP contribution in [0, 0.1) is 0 Å². The highest BCUT2D eigenvalue weighted by Crippen LogP contribution is 2.17. The maximum Gasteiger partial charge on any atom is 0.222 e. The Morgan fingerprint density at radius 1 is 0.609 bits per heavy atom. The maximum absolute atomic E-state index is 5.60. The summed E-state index contributed by atoms with van der Waals surface area (Å²) >= 11 is 5.60. The molecule has 0 saturated heterocycles. The van der Waals surface area contributed by atoms with Crippen molar-refractivity contribution in [3.63, 3.8) is 0 Å². The molecule has 0 fully saturated rings. The van der Waals surface area contributed by atoms with E-state index in [1.54, 1.807) is 6.20 Å². The van der Waals surface area contributed by atoms with Crippen molar-refractivity contribution < 1.29 is 0 Å². The third-order valence-electron chi connectivity index (χ3n) is 3.34. The molecule has 0 saturated carbocycles. The predicted octanol–water partition coefficient (Wildman–Crippen LogP) is 5.64. The average Bonchev–Trinajstić information content (AvgIpc) is 2.64. The first-order valence-electron chi connectivity index (χ1n) is 7.31. The van der Waals surface area contributed by atoms with Gasteiger partial charge in [0.2, 0.25) is 5.28 Å². The van der Waals surface area contributed by atoms with Gasteiger partial charge in [-0.05, 0) is 28.8 Å². The average molecular weight is 319 g/mol. The molecule has 3 heteroatoms. The van der Waals surface area contributed by atoms with Gasteiger partial charge in [-0.15, -0.1) is 0 Å². The molecule has 1 heterocycles. The van der Waals surface area contributed by atoms with E-state index < -0.39 is 0 Å². The normalized spacial score (nSPS) is 9.96. The monoisotopic (exact) mass is 318 g/mol. The number of para-hydroxylation sites is 1. The number of hydrogen-bond acceptors (Lipinski definition) is 2. The molecule has 0 amide bonds. The highest BCUT2D eigenvalue weighted by atomic mass is 35.5. The van der Waals surface area contributed by atoms with Crippen LogP contribution in [-0.2, 0) is 0 Å². The molecule has 4 rings (SSSR count). The molecule has 112 valence electrons. The van der Waals surface area contributed by atoms with Gasteiger partial charge in [-0.1, -0.05) is 78.9 Å². The van der Waals surface area contributed by atoms with Gasteiger partial charge in [0.25, 0.3) is 0 Å². The van der Waals surface area contributed by atoms with Gasteiger partial charge in [0.1, 0.15) is 0 Å². The SMILES string of the molecule is Clc1ncc2ccccc2n1.c1ccc(-c2ccccc2)cc1. The topological polar surface area (TPSA) is 25.8 Å². The molecule has 0 aliphatic carbocycles. The van der Waals surface area contributed by atoms with Crippen molar-refractivity contribution in [3.8, 4) is 11.1 Å². The van der Waals surface area contributed by atoms with Crippen molar-refractivity contribution in [2.75, 3.05) is 0 Å². The molecule has 0 unspecified atom stereocenters. The lowest BCUT2D eigenvalue weighted by Gasteiger charge is -1.98. The molecule has 0 spiro atoms. The van der Waals surface area contributed by atoms with E-state index >= 15 is 0 Å². The molecule has 0 bridgehead atoms. The molecule has 0 N–H and O–H groups in total. The van der Waals surface area contributed by atoms with E-state index in [4.69, 9.17) is 11.6 Å². The van der Waals surface area contributed by atoms with E-state index in [0.717, 1.165) is 10.9 Å². The fourth-order valence-corrected chi connectivity index (χ4v) is 2.35. The van der Waals surface area contributed by atoms with Crippen LogP contribution < -0.4 is 0 Å². The summed E-state index contributed by atoms with van der Waals surface area (Å²) in [6.45, 7) is 0. The van der Waals surface area contributed by atoms with Crippen LogP contribution in [0.2, 0.25) is 5.28 Å². The van der Waals surface area contributed by atoms with E-state index in [1.807, 2.05) is 36.4 Å². The second-order valence-corrected chi connectivity index (χ2v) is 5.27. The zero-order valence-corrected chi connectivity index (χ0v) is 13.2. The minimum atomic E-state index is 0.295. The Morgan fingerprint density at radius 3 is 1.74 bits per heavy atom. The molecule has 3 aromatic carbocycles. The van der Waals surface area contributed by atoms with E-state index in [-0.39, 0.29) is 0 Å². The first kappa shape index (κ1) is 15.2. The van der Waals surface area contributed by atoms with Gasteiger partial charge in [-0.25, -0.2) is 9.97 Å². The number of benzene rings is 3. The van der Waals surface area contributed by atoms with Crippen LogP contribution in [-0.4, -0.2) is 9.97 Å². The van der Waals surface area contributed by atoms with Gasteiger partial charge in [0.05, 0.1) is 5.52 Å². The van der Waals surface area contributed by atoms with Crippen LogP contribution in [0.25, 0.3) is 22.0 Å². The van der Waals surface area contributed by atoms with E-state index in [9.17, 15) is 0 Å². The summed E-state index contributed by atoms with van der Waals surface area (Å²) in [4.78, 5) is 7.89. The number of aromatic nitrogens is 2. The van der Waals surface area contributed by atoms with Crippen LogP contribution in [0.4, 0.5) is 0 Å². The van der Waals surface area contributed by atoms with Crippen molar-refractivity contribution in [3.05, 3.63) is 96.4 Å². The number of fused-ring (bicyclic) bond motifs is 1. The molecular weight excluding hydrogens is 304 g/mol. The van der Waals surface area contributed by atoms with E-state index in [0.29, 0.717) is 5.28 Å². The van der Waals surface area contributed by atoms with Gasteiger partial charge in [-0.3, -0.25) is 0 Å². The third kappa shape index (κ3) is 4.15. The second-order valence-electron chi connectivity index (χ2n) is 4.93. The number of rotatable bonds is 1. The second kappa shape index (κ2) is 7.52. The van der Waals surface area contributed by atoms with Crippen LogP contribution in [0.15, 0.2) is 91.1 Å². The summed E-state index contributed by atoms with van der Waals surface area (Å²) in [5, 5.41) is 1.31. The highest BCUT2D eigenvalue weighted by Gasteiger charge is 1.94. The van der Waals surface area contributed by atoms with Crippen molar-refractivity contribution >= 4 is 22.5 Å². The highest BCUT2D eigenvalue weighted by molar-refractivity contribution is 6.28. The Hall–Kier alpha value is -2.71. The van der Waals surface area contributed by atoms with Crippen molar-refractivity contribution in [2.24, 2.45) is 0 Å². The summed E-state index contributed by atoms with van der Waals surface area (Å²) < 4.78 is 0. The molecular formula is C20H15ClN2. The third-order valence-corrected chi connectivity index (χ3v) is 3.52. The molecule has 4 aromatic rings. The summed E-state index contributed by atoms with van der Waals surface area (Å²) in [5.74, 6) is 0. The lowest BCUT2D eigenvalue weighted by Crippen LogP contribution is -1.81. The van der Waals surface area contributed by atoms with Gasteiger partial charge < -0.3 is 0 Å². The molecule has 23 heavy (non-hydrogen) atoms. The van der Waals surface area contributed by atoms with Crippen LogP contribution in [0.5, 0.6) is 0 Å². The van der Waals surface area contributed by atoms with Crippen LogP contribution in [0.3, 0.4) is 0 Å². The van der Waals surface area contributed by atoms with Crippen LogP contribution >= 0.6 is 11.6 Å². The van der Waals surface area contributed by atoms with Crippen molar-refractivity contribution in [1.82, 2.24) is 9.97 Å². The Labute approximate surface area is 140 Å². The van der Waals surface area contributed by atoms with Gasteiger partial charge in [0.15, 0.2) is 0 Å². The Kier molecular flexibility index (Phi) is 4.97.